The highest BCUT2D eigenvalue weighted by atomic mass is 16.6. The van der Waals surface area contributed by atoms with Gasteiger partial charge in [0.15, 0.2) is 5.82 Å². The number of aromatic nitrogens is 3. The average molecular weight is 358 g/mol. The largest absolute Gasteiger partial charge is 0.447 e. The molecule has 3 amide bonds. The number of alkyl carbamates (subject to hydrolysis) is 1. The van der Waals surface area contributed by atoms with Gasteiger partial charge in [0, 0.05) is 24.4 Å². The molecule has 0 unspecified atom stereocenters. The Kier molecular flexibility index (Phi) is 2.67. The molecule has 0 bridgehead atoms. The van der Waals surface area contributed by atoms with E-state index >= 15 is 0 Å². The van der Waals surface area contributed by atoms with Crippen LogP contribution < -0.4 is 5.32 Å². The van der Waals surface area contributed by atoms with Crippen LogP contribution in [0, 0.1) is 5.41 Å². The minimum Gasteiger partial charge on any atom is -0.447 e. The standard InChI is InChI=1S/C17H22N6O3/c24-14-19-17(9-26-14)7-22(8-17)15(25)21-5-16(6-21)3-12(4-16)23-10-18-13(20-23)11-1-2-11/h10-12H,1-9H2,(H,19,24). The Morgan fingerprint density at radius 3 is 2.58 bits per heavy atom. The molecule has 5 aliphatic rings. The summed E-state index contributed by atoms with van der Waals surface area (Å²) in [5.41, 5.74) is -0.0670. The molecule has 2 aliphatic carbocycles. The fraction of sp³-hybridized carbons (Fsp3) is 0.765. The number of nitrogens with one attached hydrogen (secondary N) is 1. The first-order valence-corrected chi connectivity index (χ1v) is 9.43. The van der Waals surface area contributed by atoms with E-state index in [9.17, 15) is 9.59 Å². The summed E-state index contributed by atoms with van der Waals surface area (Å²) in [6.07, 6.45) is 6.12. The molecule has 2 spiro atoms. The van der Waals surface area contributed by atoms with E-state index in [1.54, 1.807) is 4.90 Å². The van der Waals surface area contributed by atoms with Gasteiger partial charge in [-0.2, -0.15) is 5.10 Å². The summed E-state index contributed by atoms with van der Waals surface area (Å²) in [6, 6.07) is 0.521. The molecule has 26 heavy (non-hydrogen) atoms. The zero-order valence-corrected chi connectivity index (χ0v) is 14.6. The average Bonchev–Trinajstić information content (AvgIpc) is 3.11. The smallest absolute Gasteiger partial charge is 0.407 e. The van der Waals surface area contributed by atoms with Crippen molar-refractivity contribution in [3.05, 3.63) is 12.2 Å². The molecular formula is C17H22N6O3. The predicted molar refractivity (Wildman–Crippen MR) is 88.5 cm³/mol. The molecular weight excluding hydrogens is 336 g/mol. The van der Waals surface area contributed by atoms with Crippen LogP contribution in [0.1, 0.15) is 43.5 Å². The number of cyclic esters (lactones) is 1. The number of likely N-dealkylation sites (tertiary alicyclic amines) is 2. The SMILES string of the molecule is O=C1NC2(CO1)CN(C(=O)N1CC3(CC(n4cnc(C5CC5)n4)C3)C1)C2. The molecule has 0 aromatic carbocycles. The number of hydrogen-bond donors (Lipinski definition) is 1. The van der Waals surface area contributed by atoms with Crippen molar-refractivity contribution >= 4 is 12.1 Å². The highest BCUT2D eigenvalue weighted by Gasteiger charge is 2.58. The molecule has 9 heteroatoms. The molecule has 1 aromatic rings. The topological polar surface area (TPSA) is 92.6 Å². The fourth-order valence-electron chi connectivity index (χ4n) is 4.96. The maximum absolute atomic E-state index is 12.6. The highest BCUT2D eigenvalue weighted by molar-refractivity contribution is 5.78. The minimum atomic E-state index is -0.376. The van der Waals surface area contributed by atoms with Crippen molar-refractivity contribution in [3.63, 3.8) is 0 Å². The molecule has 4 heterocycles. The number of carbonyl (C=O) groups excluding carboxylic acids is 2. The third kappa shape index (κ3) is 2.09. The summed E-state index contributed by atoms with van der Waals surface area (Å²) >= 11 is 0. The fourth-order valence-corrected chi connectivity index (χ4v) is 4.96. The van der Waals surface area contributed by atoms with Gasteiger partial charge in [0.25, 0.3) is 0 Å². The third-order valence-electron chi connectivity index (χ3n) is 6.61. The quantitative estimate of drug-likeness (QED) is 0.840. The van der Waals surface area contributed by atoms with Crippen LogP contribution in [-0.2, 0) is 4.74 Å². The second-order valence-electron chi connectivity index (χ2n) is 8.90. The lowest BCUT2D eigenvalue weighted by Gasteiger charge is -2.60. The Bertz CT molecular complexity index is 782. The first-order valence-electron chi connectivity index (χ1n) is 9.43. The van der Waals surface area contributed by atoms with Crippen LogP contribution in [0.25, 0.3) is 0 Å². The Morgan fingerprint density at radius 1 is 1.19 bits per heavy atom. The molecule has 3 saturated heterocycles. The van der Waals surface area contributed by atoms with Gasteiger partial charge < -0.3 is 19.9 Å². The maximum Gasteiger partial charge on any atom is 0.407 e. The van der Waals surface area contributed by atoms with Crippen molar-refractivity contribution in [2.45, 2.75) is 43.2 Å². The van der Waals surface area contributed by atoms with E-state index in [1.807, 2.05) is 15.9 Å². The van der Waals surface area contributed by atoms with Crippen molar-refractivity contribution in [1.29, 1.82) is 0 Å². The molecule has 9 nitrogen and oxygen atoms in total. The number of carbonyl (C=O) groups is 2. The molecule has 138 valence electrons. The van der Waals surface area contributed by atoms with Crippen LogP contribution in [0.4, 0.5) is 9.59 Å². The minimum absolute atomic E-state index is 0.0858. The van der Waals surface area contributed by atoms with Gasteiger partial charge in [-0.3, -0.25) is 0 Å². The third-order valence-corrected chi connectivity index (χ3v) is 6.61. The molecule has 1 N–H and O–H groups in total. The van der Waals surface area contributed by atoms with Gasteiger partial charge in [0.2, 0.25) is 0 Å². The van der Waals surface area contributed by atoms with Crippen LogP contribution in [-0.4, -0.2) is 75.0 Å². The number of ether oxygens (including phenoxy) is 1. The maximum atomic E-state index is 12.6. The van der Waals surface area contributed by atoms with Crippen molar-refractivity contribution in [1.82, 2.24) is 29.9 Å². The van der Waals surface area contributed by atoms with Crippen molar-refractivity contribution < 1.29 is 14.3 Å². The first-order chi connectivity index (χ1) is 12.5. The van der Waals surface area contributed by atoms with E-state index in [4.69, 9.17) is 4.74 Å². The van der Waals surface area contributed by atoms with Gasteiger partial charge in [-0.15, -0.1) is 0 Å². The van der Waals surface area contributed by atoms with Crippen LogP contribution in [0.3, 0.4) is 0 Å². The molecule has 0 radical (unpaired) electrons. The van der Waals surface area contributed by atoms with Crippen LogP contribution in [0.15, 0.2) is 6.33 Å². The van der Waals surface area contributed by atoms with Crippen LogP contribution in [0.5, 0.6) is 0 Å². The van der Waals surface area contributed by atoms with Crippen molar-refractivity contribution in [2.75, 3.05) is 32.8 Å². The van der Waals surface area contributed by atoms with Gasteiger partial charge in [-0.05, 0) is 25.7 Å². The summed E-state index contributed by atoms with van der Waals surface area (Å²) in [6.45, 7) is 3.12. The number of rotatable bonds is 2. The van der Waals surface area contributed by atoms with Crippen LogP contribution in [0.2, 0.25) is 0 Å². The Hall–Kier alpha value is -2.32. The predicted octanol–water partition coefficient (Wildman–Crippen LogP) is 0.707. The molecule has 2 saturated carbocycles. The van der Waals surface area contributed by atoms with Gasteiger partial charge in [-0.1, -0.05) is 0 Å². The normalized spacial score (nSPS) is 28.4. The Morgan fingerprint density at radius 2 is 1.92 bits per heavy atom. The molecule has 5 fully saturated rings. The lowest BCUT2D eigenvalue weighted by molar-refractivity contribution is -0.0807. The molecule has 6 rings (SSSR count). The lowest BCUT2D eigenvalue weighted by atomic mass is 9.60. The van der Waals surface area contributed by atoms with E-state index in [0.717, 1.165) is 31.8 Å². The Labute approximate surface area is 150 Å². The number of amides is 3. The summed E-state index contributed by atoms with van der Waals surface area (Å²) in [5.74, 6) is 1.60. The zero-order valence-electron chi connectivity index (χ0n) is 14.6. The summed E-state index contributed by atoms with van der Waals surface area (Å²) in [4.78, 5) is 31.9. The second kappa shape index (κ2) is 4.69. The van der Waals surface area contributed by atoms with Crippen molar-refractivity contribution in [2.24, 2.45) is 5.41 Å². The van der Waals surface area contributed by atoms with Gasteiger partial charge >= 0.3 is 12.1 Å². The van der Waals surface area contributed by atoms with E-state index in [1.165, 1.54) is 12.8 Å². The first kappa shape index (κ1) is 14.8. The number of hydrogen-bond acceptors (Lipinski definition) is 5. The molecule has 1 aromatic heterocycles. The second-order valence-corrected chi connectivity index (χ2v) is 8.90. The monoisotopic (exact) mass is 358 g/mol. The van der Waals surface area contributed by atoms with Crippen molar-refractivity contribution in [3.8, 4) is 0 Å². The molecule has 0 atom stereocenters. The van der Waals surface area contributed by atoms with E-state index in [0.29, 0.717) is 31.7 Å². The lowest BCUT2D eigenvalue weighted by Crippen LogP contribution is -2.74. The Balaban J connectivity index is 1.00. The molecule has 3 aliphatic heterocycles. The van der Waals surface area contributed by atoms with Gasteiger partial charge in [0.1, 0.15) is 18.5 Å². The number of nitrogens with zero attached hydrogens (tertiary/aromatic N) is 5. The zero-order chi connectivity index (χ0) is 17.5. The highest BCUT2D eigenvalue weighted by Crippen LogP contribution is 2.54. The number of urea groups is 1. The van der Waals surface area contributed by atoms with Crippen LogP contribution >= 0.6 is 0 Å². The van der Waals surface area contributed by atoms with E-state index < -0.39 is 0 Å². The van der Waals surface area contributed by atoms with E-state index in [2.05, 4.69) is 15.4 Å². The van der Waals surface area contributed by atoms with Gasteiger partial charge in [0.05, 0.1) is 19.1 Å². The summed E-state index contributed by atoms with van der Waals surface area (Å²) in [5, 5.41) is 7.45. The summed E-state index contributed by atoms with van der Waals surface area (Å²) in [7, 11) is 0. The van der Waals surface area contributed by atoms with E-state index in [-0.39, 0.29) is 23.1 Å². The summed E-state index contributed by atoms with van der Waals surface area (Å²) < 4.78 is 6.99. The van der Waals surface area contributed by atoms with Gasteiger partial charge in [-0.25, -0.2) is 19.3 Å².